The van der Waals surface area contributed by atoms with Gasteiger partial charge in [-0.1, -0.05) is 0 Å². The van der Waals surface area contributed by atoms with Crippen molar-refractivity contribution in [2.45, 2.75) is 51.6 Å². The number of guanidine groups is 2. The van der Waals surface area contributed by atoms with Crippen LogP contribution < -0.4 is 33.6 Å². The summed E-state index contributed by atoms with van der Waals surface area (Å²) in [6, 6.07) is -1.09. The maximum Gasteiger partial charge on any atom is 0.300 e. The summed E-state index contributed by atoms with van der Waals surface area (Å²) in [5.41, 5.74) is 20.8. The van der Waals surface area contributed by atoms with Crippen molar-refractivity contribution in [2.24, 2.45) is 32.9 Å². The lowest BCUT2D eigenvalue weighted by Gasteiger charge is -2.29. The van der Waals surface area contributed by atoms with E-state index in [1.54, 1.807) is 0 Å². The molecule has 0 saturated carbocycles. The molecule has 2 atom stereocenters. The van der Waals surface area contributed by atoms with Gasteiger partial charge in [0.15, 0.2) is 11.9 Å². The van der Waals surface area contributed by atoms with Crippen LogP contribution in [0.2, 0.25) is 0 Å². The average Bonchev–Trinajstić information content (AvgIpc) is 2.57. The normalized spacial score (nSPS) is 16.9. The number of aliphatic carboxylic acids is 2. The molecule has 0 spiro atoms. The molecule has 30 heavy (non-hydrogen) atoms. The Hall–Kier alpha value is -3.58. The Morgan fingerprint density at radius 2 is 1.07 bits per heavy atom. The molecule has 172 valence electrons. The summed E-state index contributed by atoms with van der Waals surface area (Å²) in [6.07, 6.45) is 2.17. The minimum atomic E-state index is -0.833. The fourth-order valence-corrected chi connectivity index (χ4v) is 2.09. The van der Waals surface area contributed by atoms with Crippen molar-refractivity contribution in [2.75, 3.05) is 13.1 Å². The molecule has 14 heteroatoms. The monoisotopic (exact) mass is 432 g/mol. The molecule has 0 unspecified atom stereocenters. The highest BCUT2D eigenvalue weighted by atomic mass is 16.4. The first-order valence-corrected chi connectivity index (χ1v) is 8.97. The number of piperazine rings is 1. The van der Waals surface area contributed by atoms with E-state index < -0.39 is 24.0 Å². The molecule has 1 heterocycles. The van der Waals surface area contributed by atoms with E-state index in [0.29, 0.717) is 38.8 Å². The van der Waals surface area contributed by atoms with Crippen molar-refractivity contribution in [3.8, 4) is 0 Å². The molecule has 1 aliphatic heterocycles. The predicted molar refractivity (Wildman–Crippen MR) is 110 cm³/mol. The first-order valence-electron chi connectivity index (χ1n) is 8.97. The summed E-state index contributed by atoms with van der Waals surface area (Å²) in [4.78, 5) is 49.5. The van der Waals surface area contributed by atoms with Gasteiger partial charge in [0.1, 0.15) is 12.1 Å². The molecular formula is C16H32N8O6. The SMILES string of the molecule is CC(=O)O.CC(=O)O.NC(N)=NCCC[C@@H]1NC(=O)[C@H](CCCN=C(N)N)NC1=O. The predicted octanol–water partition coefficient (Wildman–Crippen LogP) is -2.74. The quantitative estimate of drug-likeness (QED) is 0.111. The van der Waals surface area contributed by atoms with Crippen LogP contribution in [0.4, 0.5) is 0 Å². The highest BCUT2D eigenvalue weighted by Crippen LogP contribution is 2.08. The van der Waals surface area contributed by atoms with Gasteiger partial charge in [0.05, 0.1) is 0 Å². The maximum atomic E-state index is 11.9. The number of carboxylic acids is 2. The average molecular weight is 432 g/mol. The maximum absolute atomic E-state index is 11.9. The number of hydrogen-bond acceptors (Lipinski definition) is 6. The summed E-state index contributed by atoms with van der Waals surface area (Å²) in [7, 11) is 0. The zero-order chi connectivity index (χ0) is 23.7. The number of carboxylic acid groups (broad SMARTS) is 2. The van der Waals surface area contributed by atoms with E-state index in [-0.39, 0.29) is 23.7 Å². The number of nitrogens with one attached hydrogen (secondary N) is 2. The number of amides is 2. The molecule has 0 aromatic heterocycles. The Bertz CT molecular complexity index is 567. The van der Waals surface area contributed by atoms with E-state index in [4.69, 9.17) is 42.7 Å². The molecule has 1 saturated heterocycles. The van der Waals surface area contributed by atoms with Gasteiger partial charge in [-0.05, 0) is 25.7 Å². The number of nitrogens with two attached hydrogens (primary N) is 4. The highest BCUT2D eigenvalue weighted by Gasteiger charge is 2.32. The molecule has 0 aromatic rings. The smallest absolute Gasteiger partial charge is 0.300 e. The largest absolute Gasteiger partial charge is 0.481 e. The zero-order valence-corrected chi connectivity index (χ0v) is 17.1. The minimum Gasteiger partial charge on any atom is -0.481 e. The summed E-state index contributed by atoms with van der Waals surface area (Å²) < 4.78 is 0. The molecule has 0 aromatic carbocycles. The molecule has 0 bridgehead atoms. The van der Waals surface area contributed by atoms with Crippen LogP contribution in [-0.4, -0.2) is 71.1 Å². The van der Waals surface area contributed by atoms with Crippen LogP contribution in [-0.2, 0) is 19.2 Å². The van der Waals surface area contributed by atoms with E-state index in [0.717, 1.165) is 13.8 Å². The van der Waals surface area contributed by atoms with Crippen molar-refractivity contribution >= 4 is 35.7 Å². The third kappa shape index (κ3) is 19.2. The number of carbonyl (C=O) groups is 4. The second kappa shape index (κ2) is 16.4. The number of rotatable bonds is 8. The molecule has 2 amide bonds. The lowest BCUT2D eigenvalue weighted by atomic mass is 10.0. The van der Waals surface area contributed by atoms with Gasteiger partial charge in [0.25, 0.3) is 11.9 Å². The Morgan fingerprint density at radius 3 is 1.30 bits per heavy atom. The summed E-state index contributed by atoms with van der Waals surface area (Å²) in [5, 5.41) is 20.2. The minimum absolute atomic E-state index is 0.0120. The van der Waals surface area contributed by atoms with Gasteiger partial charge in [-0.15, -0.1) is 0 Å². The first kappa shape index (κ1) is 28.6. The number of aliphatic imine (C=N–C) groups is 2. The van der Waals surface area contributed by atoms with Crippen molar-refractivity contribution < 1.29 is 29.4 Å². The standard InChI is InChI=1S/C12H24N8O2.2C2H4O2/c13-11(14)17-5-1-3-7-9(21)20-8(10(22)19-7)4-2-6-18-12(15)16;2*1-2(3)4/h7-8H,1-6H2,(H,19,22)(H,20,21)(H4,13,14,17)(H4,15,16,18);2*1H3,(H,3,4)/t7-,8-;;/m0../s1. The van der Waals surface area contributed by atoms with Crippen LogP contribution >= 0.6 is 0 Å². The van der Waals surface area contributed by atoms with E-state index in [2.05, 4.69) is 20.6 Å². The molecular weight excluding hydrogens is 400 g/mol. The lowest BCUT2D eigenvalue weighted by Crippen LogP contribution is -2.61. The van der Waals surface area contributed by atoms with Crippen molar-refractivity contribution in [1.82, 2.24) is 10.6 Å². The number of carbonyl (C=O) groups excluding carboxylic acids is 2. The van der Waals surface area contributed by atoms with Crippen molar-refractivity contribution in [3.05, 3.63) is 0 Å². The summed E-state index contributed by atoms with van der Waals surface area (Å²) in [6.45, 7) is 3.01. The Labute approximate surface area is 174 Å². The van der Waals surface area contributed by atoms with Crippen LogP contribution in [0.3, 0.4) is 0 Å². The Morgan fingerprint density at radius 1 is 0.800 bits per heavy atom. The Balaban J connectivity index is 0. The number of nitrogens with zero attached hydrogens (tertiary/aromatic N) is 2. The van der Waals surface area contributed by atoms with Gasteiger partial charge in [-0.3, -0.25) is 29.2 Å². The van der Waals surface area contributed by atoms with Crippen LogP contribution in [0.1, 0.15) is 39.5 Å². The molecule has 1 fully saturated rings. The second-order valence-corrected chi connectivity index (χ2v) is 6.06. The first-order chi connectivity index (χ1) is 13.9. The van der Waals surface area contributed by atoms with Crippen LogP contribution in [0.15, 0.2) is 9.98 Å². The van der Waals surface area contributed by atoms with E-state index in [1.807, 2.05) is 0 Å². The van der Waals surface area contributed by atoms with Gasteiger partial charge >= 0.3 is 0 Å². The van der Waals surface area contributed by atoms with Crippen LogP contribution in [0.5, 0.6) is 0 Å². The molecule has 14 nitrogen and oxygen atoms in total. The fourth-order valence-electron chi connectivity index (χ4n) is 2.09. The fraction of sp³-hybridized carbons (Fsp3) is 0.625. The Kier molecular flexibility index (Phi) is 15.6. The van der Waals surface area contributed by atoms with Crippen LogP contribution in [0.25, 0.3) is 0 Å². The third-order valence-electron chi connectivity index (χ3n) is 3.16. The lowest BCUT2D eigenvalue weighted by molar-refractivity contribution is -0.137. The zero-order valence-electron chi connectivity index (χ0n) is 17.1. The van der Waals surface area contributed by atoms with Gasteiger partial charge in [-0.25, -0.2) is 0 Å². The van der Waals surface area contributed by atoms with Crippen molar-refractivity contribution in [1.29, 1.82) is 0 Å². The molecule has 12 N–H and O–H groups in total. The topological polar surface area (TPSA) is 262 Å². The van der Waals surface area contributed by atoms with Crippen molar-refractivity contribution in [3.63, 3.8) is 0 Å². The van der Waals surface area contributed by atoms with E-state index in [9.17, 15) is 9.59 Å². The third-order valence-corrected chi connectivity index (χ3v) is 3.16. The molecule has 1 aliphatic rings. The molecule has 0 radical (unpaired) electrons. The van der Waals surface area contributed by atoms with E-state index >= 15 is 0 Å². The van der Waals surface area contributed by atoms with Gasteiger partial charge in [-0.2, -0.15) is 0 Å². The van der Waals surface area contributed by atoms with Gasteiger partial charge in [0.2, 0.25) is 11.8 Å². The molecule has 0 aliphatic carbocycles. The van der Waals surface area contributed by atoms with Gasteiger partial charge in [0, 0.05) is 26.9 Å². The highest BCUT2D eigenvalue weighted by molar-refractivity contribution is 5.96. The number of hydrogen-bond donors (Lipinski definition) is 8. The molecule has 1 rings (SSSR count). The second-order valence-electron chi connectivity index (χ2n) is 6.06. The van der Waals surface area contributed by atoms with E-state index in [1.165, 1.54) is 0 Å². The van der Waals surface area contributed by atoms with Crippen LogP contribution in [0, 0.1) is 0 Å². The van der Waals surface area contributed by atoms with Gasteiger partial charge < -0.3 is 43.8 Å². The summed E-state index contributed by atoms with van der Waals surface area (Å²) in [5.74, 6) is -2.04. The summed E-state index contributed by atoms with van der Waals surface area (Å²) >= 11 is 0.